The highest BCUT2D eigenvalue weighted by Gasteiger charge is 2.32. The molecule has 0 radical (unpaired) electrons. The quantitative estimate of drug-likeness (QED) is 0.642. The van der Waals surface area contributed by atoms with Crippen molar-refractivity contribution in [1.29, 1.82) is 0 Å². The molecule has 3 N–H and O–H groups in total. The van der Waals surface area contributed by atoms with Crippen molar-refractivity contribution < 1.29 is 23.5 Å². The fraction of sp³-hybridized carbons (Fsp3) is 0.556. The number of hydrogen-bond donors (Lipinski definition) is 3. The number of carbonyl (C=O) groups excluding carboxylic acids is 2. The molecule has 148 valence electrons. The molecule has 2 atom stereocenters. The molecular formula is C18H25FN4O4. The summed E-state index contributed by atoms with van der Waals surface area (Å²) in [6, 6.07) is 4.73. The van der Waals surface area contributed by atoms with Gasteiger partial charge in [0.1, 0.15) is 6.10 Å². The van der Waals surface area contributed by atoms with Crippen LogP contribution in [0.2, 0.25) is 0 Å². The van der Waals surface area contributed by atoms with Gasteiger partial charge < -0.3 is 25.4 Å². The van der Waals surface area contributed by atoms with Gasteiger partial charge in [-0.2, -0.15) is 0 Å². The Morgan fingerprint density at radius 3 is 3.00 bits per heavy atom. The Labute approximate surface area is 157 Å². The van der Waals surface area contributed by atoms with E-state index in [0.29, 0.717) is 18.3 Å². The zero-order valence-electron chi connectivity index (χ0n) is 15.3. The lowest BCUT2D eigenvalue weighted by Gasteiger charge is -2.24. The molecule has 0 aliphatic carbocycles. The van der Waals surface area contributed by atoms with Gasteiger partial charge in [-0.1, -0.05) is 0 Å². The van der Waals surface area contributed by atoms with E-state index in [1.165, 1.54) is 24.0 Å². The zero-order chi connectivity index (χ0) is 19.2. The number of cyclic esters (lactones) is 1. The van der Waals surface area contributed by atoms with E-state index in [4.69, 9.17) is 9.47 Å². The molecule has 1 aromatic rings. The predicted octanol–water partition coefficient (Wildman–Crippen LogP) is 0.617. The number of amides is 2. The van der Waals surface area contributed by atoms with E-state index in [0.717, 1.165) is 26.1 Å². The third kappa shape index (κ3) is 5.30. The predicted molar refractivity (Wildman–Crippen MR) is 97.5 cm³/mol. The highest BCUT2D eigenvalue weighted by molar-refractivity contribution is 5.89. The third-order valence-electron chi connectivity index (χ3n) is 4.53. The summed E-state index contributed by atoms with van der Waals surface area (Å²) in [5.41, 5.74) is 0.397. The standard InChI is InChI=1S/C18H25FN4O4/c1-12(24)22-10-15-11-23(18(25)27-15)14-2-3-17(16(19)8-14)26-7-4-13-9-20-5-6-21-13/h2-3,8,13,15,20-21H,4-7,9-11H2,1H3,(H,22,24)/t13?,15-/m0/s1. The van der Waals surface area contributed by atoms with E-state index in [1.807, 2.05) is 0 Å². The second-order valence-corrected chi connectivity index (χ2v) is 6.66. The van der Waals surface area contributed by atoms with Gasteiger partial charge in [0.25, 0.3) is 0 Å². The normalized spacial score (nSPS) is 22.4. The second kappa shape index (κ2) is 9.01. The van der Waals surface area contributed by atoms with Crippen molar-refractivity contribution in [1.82, 2.24) is 16.0 Å². The molecule has 1 aromatic carbocycles. The summed E-state index contributed by atoms with van der Waals surface area (Å²) in [6.07, 6.45) is -0.247. The molecule has 0 aromatic heterocycles. The summed E-state index contributed by atoms with van der Waals surface area (Å²) in [5, 5.41) is 9.27. The highest BCUT2D eigenvalue weighted by Crippen LogP contribution is 2.27. The van der Waals surface area contributed by atoms with E-state index in [-0.39, 0.29) is 24.7 Å². The van der Waals surface area contributed by atoms with Crippen LogP contribution in [0.25, 0.3) is 0 Å². The molecule has 0 bridgehead atoms. The minimum atomic E-state index is -0.561. The molecule has 2 fully saturated rings. The smallest absolute Gasteiger partial charge is 0.414 e. The maximum atomic E-state index is 14.4. The molecule has 0 saturated carbocycles. The number of anilines is 1. The van der Waals surface area contributed by atoms with E-state index in [1.54, 1.807) is 6.07 Å². The lowest BCUT2D eigenvalue weighted by Crippen LogP contribution is -2.48. The molecule has 3 rings (SSSR count). The van der Waals surface area contributed by atoms with Gasteiger partial charge in [-0.15, -0.1) is 0 Å². The molecule has 27 heavy (non-hydrogen) atoms. The summed E-state index contributed by atoms with van der Waals surface area (Å²) in [4.78, 5) is 24.3. The largest absolute Gasteiger partial charge is 0.490 e. The highest BCUT2D eigenvalue weighted by atomic mass is 19.1. The van der Waals surface area contributed by atoms with Crippen molar-refractivity contribution in [3.8, 4) is 5.75 Å². The molecule has 0 spiro atoms. The summed E-state index contributed by atoms with van der Waals surface area (Å²) >= 11 is 0. The summed E-state index contributed by atoms with van der Waals surface area (Å²) in [6.45, 7) is 5.02. The van der Waals surface area contributed by atoms with Gasteiger partial charge in [-0.05, 0) is 18.6 Å². The molecule has 2 heterocycles. The Hall–Kier alpha value is -2.39. The number of rotatable bonds is 7. The number of halogens is 1. The number of nitrogens with one attached hydrogen (secondary N) is 3. The molecule has 1 unspecified atom stereocenters. The maximum Gasteiger partial charge on any atom is 0.414 e. The summed E-state index contributed by atoms with van der Waals surface area (Å²) < 4.78 is 25.1. The molecule has 2 aliphatic heterocycles. The molecule has 8 nitrogen and oxygen atoms in total. The third-order valence-corrected chi connectivity index (χ3v) is 4.53. The maximum absolute atomic E-state index is 14.4. The van der Waals surface area contributed by atoms with Crippen molar-refractivity contribution in [2.24, 2.45) is 0 Å². The SMILES string of the molecule is CC(=O)NC[C@H]1CN(c2ccc(OCCC3CNCCN3)c(F)c2)C(=O)O1. The monoisotopic (exact) mass is 380 g/mol. The van der Waals surface area contributed by atoms with Crippen molar-refractivity contribution in [2.45, 2.75) is 25.5 Å². The number of carbonyl (C=O) groups is 2. The molecule has 2 amide bonds. The summed E-state index contributed by atoms with van der Waals surface area (Å²) in [5.74, 6) is -0.568. The molecule has 2 aliphatic rings. The molecule has 9 heteroatoms. The number of nitrogens with zero attached hydrogens (tertiary/aromatic N) is 1. The van der Waals surface area contributed by atoms with Crippen molar-refractivity contribution in [3.63, 3.8) is 0 Å². The first-order chi connectivity index (χ1) is 13.0. The number of hydrogen-bond acceptors (Lipinski definition) is 6. The van der Waals surface area contributed by atoms with Crippen LogP contribution in [0, 0.1) is 5.82 Å². The topological polar surface area (TPSA) is 91.9 Å². The fourth-order valence-electron chi connectivity index (χ4n) is 3.10. The van der Waals surface area contributed by atoms with Crippen molar-refractivity contribution in [2.75, 3.05) is 44.2 Å². The van der Waals surface area contributed by atoms with Gasteiger partial charge in [-0.3, -0.25) is 9.69 Å². The van der Waals surface area contributed by atoms with Crippen LogP contribution in [0.1, 0.15) is 13.3 Å². The van der Waals surface area contributed by atoms with Crippen LogP contribution in [-0.4, -0.2) is 63.5 Å². The first-order valence-corrected chi connectivity index (χ1v) is 9.12. The average Bonchev–Trinajstić information content (AvgIpc) is 3.03. The van der Waals surface area contributed by atoms with E-state index in [9.17, 15) is 14.0 Å². The average molecular weight is 380 g/mol. The van der Waals surface area contributed by atoms with Gasteiger partial charge in [0.05, 0.1) is 25.4 Å². The van der Waals surface area contributed by atoms with E-state index < -0.39 is 18.0 Å². The van der Waals surface area contributed by atoms with Crippen LogP contribution in [-0.2, 0) is 9.53 Å². The Bertz CT molecular complexity index is 681. The Morgan fingerprint density at radius 1 is 1.44 bits per heavy atom. The van der Waals surface area contributed by atoms with E-state index in [2.05, 4.69) is 16.0 Å². The molecular weight excluding hydrogens is 355 g/mol. The minimum Gasteiger partial charge on any atom is -0.490 e. The van der Waals surface area contributed by atoms with Crippen LogP contribution in [0.5, 0.6) is 5.75 Å². The van der Waals surface area contributed by atoms with Gasteiger partial charge >= 0.3 is 6.09 Å². The van der Waals surface area contributed by atoms with Crippen LogP contribution in [0.3, 0.4) is 0 Å². The van der Waals surface area contributed by atoms with Crippen LogP contribution in [0.4, 0.5) is 14.9 Å². The zero-order valence-corrected chi connectivity index (χ0v) is 15.3. The number of piperazine rings is 1. The Kier molecular flexibility index (Phi) is 6.46. The fourth-order valence-corrected chi connectivity index (χ4v) is 3.10. The second-order valence-electron chi connectivity index (χ2n) is 6.66. The lowest BCUT2D eigenvalue weighted by atomic mass is 10.2. The first kappa shape index (κ1) is 19.4. The lowest BCUT2D eigenvalue weighted by molar-refractivity contribution is -0.119. The van der Waals surface area contributed by atoms with Crippen LogP contribution >= 0.6 is 0 Å². The van der Waals surface area contributed by atoms with Crippen LogP contribution < -0.4 is 25.6 Å². The minimum absolute atomic E-state index is 0.157. The Morgan fingerprint density at radius 2 is 2.30 bits per heavy atom. The van der Waals surface area contributed by atoms with Gasteiger partial charge in [-0.25, -0.2) is 9.18 Å². The van der Waals surface area contributed by atoms with Gasteiger partial charge in [0.15, 0.2) is 11.6 Å². The Balaban J connectivity index is 1.52. The van der Waals surface area contributed by atoms with Gasteiger partial charge in [0, 0.05) is 38.7 Å². The summed E-state index contributed by atoms with van der Waals surface area (Å²) in [7, 11) is 0. The number of benzene rings is 1. The van der Waals surface area contributed by atoms with Crippen molar-refractivity contribution >= 4 is 17.7 Å². The molecule has 2 saturated heterocycles. The van der Waals surface area contributed by atoms with Crippen molar-refractivity contribution in [3.05, 3.63) is 24.0 Å². The van der Waals surface area contributed by atoms with E-state index >= 15 is 0 Å². The van der Waals surface area contributed by atoms with Gasteiger partial charge in [0.2, 0.25) is 5.91 Å². The number of ether oxygens (including phenoxy) is 2. The van der Waals surface area contributed by atoms with Crippen LogP contribution in [0.15, 0.2) is 18.2 Å². The first-order valence-electron chi connectivity index (χ1n) is 9.12.